The van der Waals surface area contributed by atoms with Gasteiger partial charge >= 0.3 is 5.69 Å². The van der Waals surface area contributed by atoms with Gasteiger partial charge in [0.1, 0.15) is 0 Å². The van der Waals surface area contributed by atoms with Gasteiger partial charge in [-0.2, -0.15) is 0 Å². The van der Waals surface area contributed by atoms with Crippen LogP contribution in [0.4, 0.5) is 5.69 Å². The van der Waals surface area contributed by atoms with Crippen LogP contribution in [0.25, 0.3) is 4.98 Å². The molecule has 0 aliphatic carbocycles. The fraction of sp³-hybridized carbons (Fsp3) is 0. The normalized spacial score (nSPS) is 7.00. The van der Waals surface area contributed by atoms with Crippen LogP contribution in [0.2, 0.25) is 0 Å². The monoisotopic (exact) mass is 232 g/mol. The first-order valence-corrected chi connectivity index (χ1v) is 2.33. The van der Waals surface area contributed by atoms with Crippen LogP contribution in [0.3, 0.4) is 0 Å². The SMILES string of the molecule is N#[N+]c1ccccc1.[I-]. The number of diazo groups is 1. The minimum atomic E-state index is 0. The van der Waals surface area contributed by atoms with Gasteiger partial charge in [0.15, 0.2) is 4.98 Å². The molecule has 0 aromatic heterocycles. The number of nitrogens with zero attached hydrogens (tertiary/aromatic N) is 2. The molecule has 0 aliphatic rings. The maximum Gasteiger partial charge on any atom is 0.385 e. The van der Waals surface area contributed by atoms with Crippen LogP contribution in [0, 0.1) is 5.39 Å². The standard InChI is InChI=1S/C6H5N2.HI/c7-8-6-4-2-1-3-5-6;/h1-5H;1H/q+1;/p-1. The van der Waals surface area contributed by atoms with E-state index < -0.39 is 0 Å². The van der Waals surface area contributed by atoms with Gasteiger partial charge in [-0.05, 0) is 0 Å². The van der Waals surface area contributed by atoms with E-state index >= 15 is 0 Å². The first-order valence-electron chi connectivity index (χ1n) is 2.33. The highest BCUT2D eigenvalue weighted by atomic mass is 127. The van der Waals surface area contributed by atoms with E-state index in [0.29, 0.717) is 5.69 Å². The van der Waals surface area contributed by atoms with E-state index in [-0.39, 0.29) is 24.0 Å². The van der Waals surface area contributed by atoms with Gasteiger partial charge in [-0.25, -0.2) is 0 Å². The van der Waals surface area contributed by atoms with E-state index in [1.54, 1.807) is 12.1 Å². The Hall–Kier alpha value is -0.630. The highest BCUT2D eigenvalue weighted by molar-refractivity contribution is 5.42. The molecule has 1 aromatic carbocycles. The summed E-state index contributed by atoms with van der Waals surface area (Å²) in [7, 11) is 0. The Morgan fingerprint density at radius 3 is 2.00 bits per heavy atom. The van der Waals surface area contributed by atoms with Gasteiger partial charge < -0.3 is 24.0 Å². The van der Waals surface area contributed by atoms with Gasteiger partial charge in [0.25, 0.3) is 0 Å². The second-order valence-corrected chi connectivity index (χ2v) is 1.44. The zero-order chi connectivity index (χ0) is 5.82. The molecule has 0 bridgehead atoms. The first kappa shape index (κ1) is 8.37. The minimum Gasteiger partial charge on any atom is -1.00 e. The van der Waals surface area contributed by atoms with Gasteiger partial charge in [0.05, 0.1) is 0 Å². The molecule has 9 heavy (non-hydrogen) atoms. The summed E-state index contributed by atoms with van der Waals surface area (Å²) in [6.45, 7) is 0. The third-order valence-electron chi connectivity index (χ3n) is 0.872. The second-order valence-electron chi connectivity index (χ2n) is 1.44. The molecule has 0 saturated heterocycles. The van der Waals surface area contributed by atoms with Crippen LogP contribution in [0.5, 0.6) is 0 Å². The summed E-state index contributed by atoms with van der Waals surface area (Å²) in [5.74, 6) is 0. The highest BCUT2D eigenvalue weighted by Crippen LogP contribution is 2.07. The van der Waals surface area contributed by atoms with E-state index in [0.717, 1.165) is 0 Å². The van der Waals surface area contributed by atoms with Gasteiger partial charge in [-0.3, -0.25) is 0 Å². The molecule has 0 spiro atoms. The number of rotatable bonds is 0. The molecule has 0 heterocycles. The van der Waals surface area contributed by atoms with Gasteiger partial charge in [-0.1, -0.05) is 18.2 Å². The number of hydrogen-bond donors (Lipinski definition) is 0. The quantitative estimate of drug-likeness (QED) is 0.424. The maximum atomic E-state index is 8.16. The van der Waals surface area contributed by atoms with Crippen LogP contribution in [0.15, 0.2) is 30.3 Å². The van der Waals surface area contributed by atoms with Crippen molar-refractivity contribution in [2.75, 3.05) is 0 Å². The Kier molecular flexibility index (Phi) is 3.97. The third kappa shape index (κ3) is 2.42. The van der Waals surface area contributed by atoms with E-state index in [2.05, 4.69) is 4.98 Å². The maximum absolute atomic E-state index is 8.16. The molecule has 1 rings (SSSR count). The topological polar surface area (TPSA) is 28.1 Å². The minimum absolute atomic E-state index is 0. The number of hydrogen-bond acceptors (Lipinski definition) is 1. The molecule has 46 valence electrons. The number of halogens is 1. The average molecular weight is 232 g/mol. The molecule has 0 amide bonds. The molecule has 1 aromatic rings. The van der Waals surface area contributed by atoms with E-state index in [1.165, 1.54) is 0 Å². The first-order chi connectivity index (χ1) is 3.93. The Morgan fingerprint density at radius 1 is 1.11 bits per heavy atom. The number of benzene rings is 1. The molecule has 0 fully saturated rings. The van der Waals surface area contributed by atoms with Gasteiger partial charge in [0, 0.05) is 12.1 Å². The van der Waals surface area contributed by atoms with Crippen LogP contribution in [-0.4, -0.2) is 0 Å². The van der Waals surface area contributed by atoms with Crippen molar-refractivity contribution in [3.63, 3.8) is 0 Å². The lowest BCUT2D eigenvalue weighted by atomic mass is 10.3. The summed E-state index contributed by atoms with van der Waals surface area (Å²) in [6.07, 6.45) is 0. The Morgan fingerprint density at radius 2 is 1.67 bits per heavy atom. The molecule has 0 saturated carbocycles. The predicted molar refractivity (Wildman–Crippen MR) is 31.2 cm³/mol. The van der Waals surface area contributed by atoms with Gasteiger partial charge in [0.2, 0.25) is 5.39 Å². The Labute approximate surface area is 70.5 Å². The van der Waals surface area contributed by atoms with E-state index in [9.17, 15) is 0 Å². The summed E-state index contributed by atoms with van der Waals surface area (Å²) >= 11 is 0. The lowest BCUT2D eigenvalue weighted by Crippen LogP contribution is -3.00. The second kappa shape index (κ2) is 4.27. The molecular weight excluding hydrogens is 227 g/mol. The Balaban J connectivity index is 0.000000640. The lowest BCUT2D eigenvalue weighted by Gasteiger charge is -1.69. The van der Waals surface area contributed by atoms with Crippen molar-refractivity contribution < 1.29 is 24.0 Å². The summed E-state index contributed by atoms with van der Waals surface area (Å²) in [6, 6.07) is 8.94. The molecule has 3 heteroatoms. The van der Waals surface area contributed by atoms with Crippen molar-refractivity contribution in [3.05, 3.63) is 35.3 Å². The van der Waals surface area contributed by atoms with Crippen molar-refractivity contribution in [3.8, 4) is 0 Å². The van der Waals surface area contributed by atoms with Crippen LogP contribution < -0.4 is 24.0 Å². The summed E-state index contributed by atoms with van der Waals surface area (Å²) in [5, 5.41) is 8.16. The summed E-state index contributed by atoms with van der Waals surface area (Å²) < 4.78 is 0. The van der Waals surface area contributed by atoms with E-state index in [4.69, 9.17) is 5.39 Å². The fourth-order valence-corrected chi connectivity index (χ4v) is 0.495. The fourth-order valence-electron chi connectivity index (χ4n) is 0.495. The molecule has 0 radical (unpaired) electrons. The van der Waals surface area contributed by atoms with Crippen molar-refractivity contribution in [2.45, 2.75) is 0 Å². The van der Waals surface area contributed by atoms with Crippen molar-refractivity contribution in [1.82, 2.24) is 0 Å². The zero-order valence-electron chi connectivity index (χ0n) is 4.66. The third-order valence-corrected chi connectivity index (χ3v) is 0.872. The van der Waals surface area contributed by atoms with Crippen molar-refractivity contribution in [2.24, 2.45) is 0 Å². The Bertz CT molecular complexity index is 202. The van der Waals surface area contributed by atoms with Crippen LogP contribution >= 0.6 is 0 Å². The van der Waals surface area contributed by atoms with E-state index in [1.807, 2.05) is 18.2 Å². The van der Waals surface area contributed by atoms with Gasteiger partial charge in [-0.15, -0.1) is 0 Å². The molecular formula is C6H5IN2. The predicted octanol–water partition coefficient (Wildman–Crippen LogP) is -0.825. The zero-order valence-corrected chi connectivity index (χ0v) is 6.82. The lowest BCUT2D eigenvalue weighted by molar-refractivity contribution is -0.00000185. The van der Waals surface area contributed by atoms with Crippen LogP contribution in [0.1, 0.15) is 0 Å². The molecule has 0 atom stereocenters. The summed E-state index contributed by atoms with van der Waals surface area (Å²) in [5.41, 5.74) is 0.590. The average Bonchev–Trinajstić information content (AvgIpc) is 1.90. The van der Waals surface area contributed by atoms with Crippen LogP contribution in [-0.2, 0) is 0 Å². The van der Waals surface area contributed by atoms with Crippen molar-refractivity contribution in [1.29, 1.82) is 5.39 Å². The molecule has 2 nitrogen and oxygen atoms in total. The van der Waals surface area contributed by atoms with Crippen molar-refractivity contribution >= 4 is 5.69 Å². The smallest absolute Gasteiger partial charge is 0.385 e. The molecule has 0 unspecified atom stereocenters. The largest absolute Gasteiger partial charge is 1.00 e. The summed E-state index contributed by atoms with van der Waals surface area (Å²) in [4.78, 5) is 2.97. The molecule has 0 N–H and O–H groups in total. The molecule has 0 aliphatic heterocycles. The highest BCUT2D eigenvalue weighted by Gasteiger charge is 1.95.